The van der Waals surface area contributed by atoms with Gasteiger partial charge in [0.2, 0.25) is 0 Å². The molecule has 2 N–H and O–H groups in total. The lowest BCUT2D eigenvalue weighted by atomic mass is 10.2. The van der Waals surface area contributed by atoms with Crippen LogP contribution in [0.5, 0.6) is 0 Å². The molecule has 0 bridgehead atoms. The molecule has 106 valence electrons. The first kappa shape index (κ1) is 12.9. The number of nitrogens with zero attached hydrogens (tertiary/aromatic N) is 3. The van der Waals surface area contributed by atoms with Crippen molar-refractivity contribution in [2.45, 2.75) is 0 Å². The Labute approximate surface area is 120 Å². The normalized spacial score (nSPS) is 10.3. The van der Waals surface area contributed by atoms with Gasteiger partial charge in [-0.3, -0.25) is 10.00 Å². The van der Waals surface area contributed by atoms with Crippen LogP contribution in [0.25, 0.3) is 11.3 Å². The van der Waals surface area contributed by atoms with E-state index in [4.69, 9.17) is 4.52 Å². The van der Waals surface area contributed by atoms with E-state index in [9.17, 15) is 4.79 Å². The maximum absolute atomic E-state index is 11.8. The van der Waals surface area contributed by atoms with Crippen molar-refractivity contribution in [3.8, 4) is 11.3 Å². The van der Waals surface area contributed by atoms with Gasteiger partial charge in [0.15, 0.2) is 11.6 Å². The van der Waals surface area contributed by atoms with Gasteiger partial charge in [-0.15, -0.1) is 0 Å². The van der Waals surface area contributed by atoms with Crippen molar-refractivity contribution >= 4 is 17.5 Å². The molecule has 2 amide bonds. The molecule has 0 fully saturated rings. The molecule has 0 atom stereocenters. The Morgan fingerprint density at radius 2 is 2.05 bits per heavy atom. The average molecular weight is 283 g/mol. The first-order valence-electron chi connectivity index (χ1n) is 6.29. The van der Waals surface area contributed by atoms with Gasteiger partial charge in [-0.25, -0.2) is 4.79 Å². The minimum atomic E-state index is -0.407. The summed E-state index contributed by atoms with van der Waals surface area (Å²) in [6.45, 7) is 0. The van der Waals surface area contributed by atoms with Crippen molar-refractivity contribution in [3.63, 3.8) is 0 Å². The molecular weight excluding hydrogens is 270 g/mol. The number of aromatic nitrogens is 3. The number of hydrogen-bond acceptors (Lipinski definition) is 4. The van der Waals surface area contributed by atoms with Gasteiger partial charge in [-0.2, -0.15) is 5.10 Å². The van der Waals surface area contributed by atoms with Crippen LogP contribution in [-0.4, -0.2) is 21.0 Å². The number of benzene rings is 1. The lowest BCUT2D eigenvalue weighted by Crippen LogP contribution is -2.19. The summed E-state index contributed by atoms with van der Waals surface area (Å²) in [5.74, 6) is 0.933. The summed E-state index contributed by atoms with van der Waals surface area (Å²) in [4.78, 5) is 11.8. The van der Waals surface area contributed by atoms with Crippen LogP contribution < -0.4 is 10.6 Å². The molecule has 3 aromatic rings. The van der Waals surface area contributed by atoms with Crippen LogP contribution in [0, 0.1) is 0 Å². The van der Waals surface area contributed by atoms with Crippen molar-refractivity contribution in [1.82, 2.24) is 14.9 Å². The summed E-state index contributed by atoms with van der Waals surface area (Å²) >= 11 is 0. The van der Waals surface area contributed by atoms with E-state index < -0.39 is 6.03 Å². The molecule has 0 aliphatic carbocycles. The van der Waals surface area contributed by atoms with Crippen LogP contribution >= 0.6 is 0 Å². The molecule has 21 heavy (non-hydrogen) atoms. The molecule has 0 aliphatic rings. The summed E-state index contributed by atoms with van der Waals surface area (Å²) in [5.41, 5.74) is 1.49. The van der Waals surface area contributed by atoms with E-state index in [1.807, 2.05) is 30.3 Å². The predicted molar refractivity (Wildman–Crippen MR) is 77.8 cm³/mol. The summed E-state index contributed by atoms with van der Waals surface area (Å²) in [6, 6.07) is 10.8. The largest absolute Gasteiger partial charge is 0.354 e. The molecule has 0 unspecified atom stereocenters. The topological polar surface area (TPSA) is 85.0 Å². The fourth-order valence-electron chi connectivity index (χ4n) is 1.84. The Kier molecular flexibility index (Phi) is 3.38. The highest BCUT2D eigenvalue weighted by Gasteiger charge is 2.09. The minimum absolute atomic E-state index is 0.343. The molecule has 0 aliphatic heterocycles. The van der Waals surface area contributed by atoms with E-state index in [0.29, 0.717) is 17.3 Å². The fourth-order valence-corrected chi connectivity index (χ4v) is 1.84. The predicted octanol–water partition coefficient (Wildman–Crippen LogP) is 2.72. The lowest BCUT2D eigenvalue weighted by Gasteiger charge is -2.01. The smallest absolute Gasteiger partial charge is 0.325 e. The Bertz CT molecular complexity index is 748. The van der Waals surface area contributed by atoms with Gasteiger partial charge in [-0.05, 0) is 0 Å². The molecule has 7 nitrogen and oxygen atoms in total. The van der Waals surface area contributed by atoms with Gasteiger partial charge in [0, 0.05) is 24.9 Å². The first-order chi connectivity index (χ1) is 10.2. The zero-order valence-electron chi connectivity index (χ0n) is 11.3. The van der Waals surface area contributed by atoms with Gasteiger partial charge in [0.25, 0.3) is 0 Å². The number of aryl methyl sites for hydroxylation is 1. The second-order valence-electron chi connectivity index (χ2n) is 4.42. The van der Waals surface area contributed by atoms with E-state index in [-0.39, 0.29) is 0 Å². The van der Waals surface area contributed by atoms with Crippen molar-refractivity contribution in [2.24, 2.45) is 7.05 Å². The van der Waals surface area contributed by atoms with Crippen LogP contribution in [0.3, 0.4) is 0 Å². The highest BCUT2D eigenvalue weighted by atomic mass is 16.5. The zero-order chi connectivity index (χ0) is 14.7. The lowest BCUT2D eigenvalue weighted by molar-refractivity contribution is 0.262. The number of carbonyl (C=O) groups excluding carboxylic acids is 1. The summed E-state index contributed by atoms with van der Waals surface area (Å²) < 4.78 is 6.79. The average Bonchev–Trinajstić information content (AvgIpc) is 3.09. The minimum Gasteiger partial charge on any atom is -0.354 e. The standard InChI is InChI=1S/C14H13N5O2/c1-19-9-11(8-15-19)16-14(20)17-13-7-12(21-18-13)10-5-3-2-4-6-10/h2-9H,1H3,(H2,16,17,18,20). The van der Waals surface area contributed by atoms with Crippen molar-refractivity contribution in [2.75, 3.05) is 10.6 Å². The number of anilines is 2. The van der Waals surface area contributed by atoms with Crippen LogP contribution in [0.1, 0.15) is 0 Å². The van der Waals surface area contributed by atoms with Crippen molar-refractivity contribution in [1.29, 1.82) is 0 Å². The molecule has 3 rings (SSSR count). The third kappa shape index (κ3) is 3.08. The fraction of sp³-hybridized carbons (Fsp3) is 0.0714. The van der Waals surface area contributed by atoms with E-state index in [0.717, 1.165) is 5.56 Å². The number of amides is 2. The third-order valence-electron chi connectivity index (χ3n) is 2.77. The van der Waals surface area contributed by atoms with Crippen LogP contribution in [0.15, 0.2) is 53.3 Å². The zero-order valence-corrected chi connectivity index (χ0v) is 11.3. The number of hydrogen-bond donors (Lipinski definition) is 2. The number of carbonyl (C=O) groups is 1. The first-order valence-corrected chi connectivity index (χ1v) is 6.29. The highest BCUT2D eigenvalue weighted by molar-refractivity contribution is 5.99. The SMILES string of the molecule is Cn1cc(NC(=O)Nc2cc(-c3ccccc3)on2)cn1. The van der Waals surface area contributed by atoms with E-state index >= 15 is 0 Å². The maximum atomic E-state index is 11.8. The van der Waals surface area contributed by atoms with E-state index in [2.05, 4.69) is 20.9 Å². The Hall–Kier alpha value is -3.09. The number of nitrogens with one attached hydrogen (secondary N) is 2. The number of rotatable bonds is 3. The van der Waals surface area contributed by atoms with E-state index in [1.165, 1.54) is 0 Å². The maximum Gasteiger partial charge on any atom is 0.325 e. The van der Waals surface area contributed by atoms with Crippen LogP contribution in [0.4, 0.5) is 16.3 Å². The summed E-state index contributed by atoms with van der Waals surface area (Å²) in [7, 11) is 1.77. The van der Waals surface area contributed by atoms with Gasteiger partial charge < -0.3 is 9.84 Å². The van der Waals surface area contributed by atoms with Gasteiger partial charge >= 0.3 is 6.03 Å². The Morgan fingerprint density at radius 3 is 2.76 bits per heavy atom. The molecule has 0 saturated carbocycles. The molecule has 0 radical (unpaired) electrons. The van der Waals surface area contributed by atoms with E-state index in [1.54, 1.807) is 30.2 Å². The molecular formula is C14H13N5O2. The number of urea groups is 1. The van der Waals surface area contributed by atoms with Crippen LogP contribution in [-0.2, 0) is 7.05 Å². The quantitative estimate of drug-likeness (QED) is 0.774. The monoisotopic (exact) mass is 283 g/mol. The summed E-state index contributed by atoms with van der Waals surface area (Å²) in [5, 5.41) is 13.0. The van der Waals surface area contributed by atoms with Crippen molar-refractivity contribution < 1.29 is 9.32 Å². The second kappa shape index (κ2) is 5.49. The third-order valence-corrected chi connectivity index (χ3v) is 2.77. The van der Waals surface area contributed by atoms with Gasteiger partial charge in [-0.1, -0.05) is 35.5 Å². The molecule has 7 heteroatoms. The van der Waals surface area contributed by atoms with Crippen LogP contribution in [0.2, 0.25) is 0 Å². The highest BCUT2D eigenvalue weighted by Crippen LogP contribution is 2.21. The second-order valence-corrected chi connectivity index (χ2v) is 4.42. The van der Waals surface area contributed by atoms with Gasteiger partial charge in [0.05, 0.1) is 11.9 Å². The molecule has 2 aromatic heterocycles. The molecule has 2 heterocycles. The Morgan fingerprint density at radius 1 is 1.24 bits per heavy atom. The molecule has 0 spiro atoms. The molecule has 1 aromatic carbocycles. The van der Waals surface area contributed by atoms with Crippen molar-refractivity contribution in [3.05, 3.63) is 48.8 Å². The molecule has 0 saturated heterocycles. The summed E-state index contributed by atoms with van der Waals surface area (Å²) in [6.07, 6.45) is 3.25. The van der Waals surface area contributed by atoms with Gasteiger partial charge in [0.1, 0.15) is 0 Å². The Balaban J connectivity index is 1.66.